The molecule has 40 heavy (non-hydrogen) atoms. The van der Waals surface area contributed by atoms with Gasteiger partial charge >= 0.3 is 5.97 Å². The van der Waals surface area contributed by atoms with E-state index in [0.717, 1.165) is 16.8 Å². The van der Waals surface area contributed by atoms with Gasteiger partial charge in [-0.3, -0.25) is 9.78 Å². The first-order valence-corrected chi connectivity index (χ1v) is 13.1. The molecular weight excluding hydrogens is 532 g/mol. The first-order valence-electron chi connectivity index (χ1n) is 13.1. The van der Waals surface area contributed by atoms with Gasteiger partial charge in [0.15, 0.2) is 17.0 Å². The summed E-state index contributed by atoms with van der Waals surface area (Å²) < 4.78 is 7.11. The molecule has 11 nitrogen and oxygen atoms in total. The molecule has 0 aliphatic heterocycles. The Kier molecular flexibility index (Phi) is 10.8. The van der Waals surface area contributed by atoms with Gasteiger partial charge in [-0.2, -0.15) is 9.97 Å². The molecule has 0 saturated heterocycles. The number of ether oxygens (including phenoxy) is 1. The number of nitrogens with zero attached hydrogens (tertiary/aromatic N) is 5. The Hall–Kier alpha value is -3.80. The van der Waals surface area contributed by atoms with Crippen molar-refractivity contribution in [1.29, 1.82) is 0 Å². The summed E-state index contributed by atoms with van der Waals surface area (Å²) in [7, 11) is 0. The number of fused-ring (bicyclic) bond motifs is 1. The van der Waals surface area contributed by atoms with Crippen molar-refractivity contribution in [1.82, 2.24) is 24.5 Å². The highest BCUT2D eigenvalue weighted by Crippen LogP contribution is 2.24. The van der Waals surface area contributed by atoms with Crippen LogP contribution in [0.2, 0.25) is 0 Å². The fraction of sp³-hybridized carbons (Fsp3) is 0.393. The zero-order valence-electron chi connectivity index (χ0n) is 23.1. The van der Waals surface area contributed by atoms with Gasteiger partial charge in [0.25, 0.3) is 0 Å². The highest BCUT2D eigenvalue weighted by atomic mass is 35.5. The number of halogens is 1. The van der Waals surface area contributed by atoms with Gasteiger partial charge in [-0.1, -0.05) is 44.2 Å². The van der Waals surface area contributed by atoms with E-state index >= 15 is 0 Å². The van der Waals surface area contributed by atoms with Crippen molar-refractivity contribution < 1.29 is 14.6 Å². The molecule has 0 bridgehead atoms. The smallest absolute Gasteiger partial charge is 0.323 e. The molecule has 3 aromatic heterocycles. The molecule has 0 unspecified atom stereocenters. The molecular formula is C28H37ClN8O3. The summed E-state index contributed by atoms with van der Waals surface area (Å²) in [4.78, 5) is 30.2. The van der Waals surface area contributed by atoms with E-state index in [1.807, 2.05) is 74.7 Å². The highest BCUT2D eigenvalue weighted by Gasteiger charge is 2.20. The Balaban J connectivity index is 0.00000441. The second kappa shape index (κ2) is 14.0. The normalized spacial score (nSPS) is 12.7. The minimum absolute atomic E-state index is 0. The van der Waals surface area contributed by atoms with E-state index in [2.05, 4.69) is 30.6 Å². The van der Waals surface area contributed by atoms with Gasteiger partial charge in [0.1, 0.15) is 18.8 Å². The molecule has 4 aromatic rings. The van der Waals surface area contributed by atoms with E-state index in [1.165, 1.54) is 0 Å². The van der Waals surface area contributed by atoms with Crippen molar-refractivity contribution in [3.05, 3.63) is 60.6 Å². The predicted octanol–water partition coefficient (Wildman–Crippen LogP) is 3.80. The number of hydrogen-bond acceptors (Lipinski definition) is 10. The van der Waals surface area contributed by atoms with Crippen molar-refractivity contribution in [3.63, 3.8) is 0 Å². The van der Waals surface area contributed by atoms with Gasteiger partial charge in [0.2, 0.25) is 5.95 Å². The molecule has 4 rings (SSSR count). The second-order valence-electron chi connectivity index (χ2n) is 10.0. The summed E-state index contributed by atoms with van der Waals surface area (Å²) in [6, 6.07) is 13.4. The van der Waals surface area contributed by atoms with Crippen LogP contribution in [0, 0.1) is 5.92 Å². The lowest BCUT2D eigenvalue weighted by Gasteiger charge is -2.17. The van der Waals surface area contributed by atoms with Crippen molar-refractivity contribution in [2.75, 3.05) is 23.8 Å². The summed E-state index contributed by atoms with van der Waals surface area (Å²) in [5, 5.41) is 16.8. The number of rotatable bonds is 12. The molecule has 12 heteroatoms. The number of nitrogens with one attached hydrogen (secondary N) is 2. The van der Waals surface area contributed by atoms with Gasteiger partial charge in [0.05, 0.1) is 12.0 Å². The van der Waals surface area contributed by atoms with Crippen LogP contribution in [0.25, 0.3) is 22.4 Å². The van der Waals surface area contributed by atoms with Gasteiger partial charge in [0, 0.05) is 30.9 Å². The van der Waals surface area contributed by atoms with Crippen molar-refractivity contribution in [3.8, 4) is 11.3 Å². The maximum absolute atomic E-state index is 12.0. The fourth-order valence-electron chi connectivity index (χ4n) is 3.82. The lowest BCUT2D eigenvalue weighted by Crippen LogP contribution is -2.39. The van der Waals surface area contributed by atoms with Crippen molar-refractivity contribution in [2.45, 2.75) is 52.4 Å². The zero-order valence-corrected chi connectivity index (χ0v) is 23.9. The zero-order chi connectivity index (χ0) is 27.9. The third kappa shape index (κ3) is 7.65. The van der Waals surface area contributed by atoms with Crippen LogP contribution in [0.5, 0.6) is 0 Å². The summed E-state index contributed by atoms with van der Waals surface area (Å²) in [5.74, 6) is 0.298. The summed E-state index contributed by atoms with van der Waals surface area (Å²) in [5.41, 5.74) is 10.1. The highest BCUT2D eigenvalue weighted by molar-refractivity contribution is 5.85. The molecule has 3 heterocycles. The van der Waals surface area contributed by atoms with Gasteiger partial charge in [-0.25, -0.2) is 4.98 Å². The van der Waals surface area contributed by atoms with E-state index in [0.29, 0.717) is 29.5 Å². The van der Waals surface area contributed by atoms with Crippen LogP contribution in [-0.2, 0) is 16.1 Å². The monoisotopic (exact) mass is 568 g/mol. The molecule has 2 atom stereocenters. The van der Waals surface area contributed by atoms with Crippen LogP contribution in [-0.4, -0.2) is 60.9 Å². The Labute approximate surface area is 240 Å². The number of esters is 1. The minimum atomic E-state index is -0.961. The van der Waals surface area contributed by atoms with Crippen molar-refractivity contribution in [2.24, 2.45) is 11.7 Å². The number of anilines is 2. The topological polar surface area (TPSA) is 153 Å². The number of hydrogen-bond donors (Lipinski definition) is 4. The summed E-state index contributed by atoms with van der Waals surface area (Å²) >= 11 is 0. The van der Waals surface area contributed by atoms with E-state index in [9.17, 15) is 9.90 Å². The Morgan fingerprint density at radius 2 is 1.80 bits per heavy atom. The minimum Gasteiger partial charge on any atom is -0.462 e. The van der Waals surface area contributed by atoms with Crippen LogP contribution in [0.1, 0.15) is 39.3 Å². The number of aliphatic hydroxyl groups excluding tert-OH is 1. The van der Waals surface area contributed by atoms with Gasteiger partial charge in [-0.15, -0.1) is 12.4 Å². The maximum Gasteiger partial charge on any atom is 0.323 e. The lowest BCUT2D eigenvalue weighted by molar-refractivity contribution is -0.149. The number of benzene rings is 1. The predicted molar refractivity (Wildman–Crippen MR) is 158 cm³/mol. The molecule has 214 valence electrons. The number of carbonyl (C=O) groups is 1. The number of carbonyl (C=O) groups excluding carboxylic acids is 1. The number of imidazole rings is 1. The summed E-state index contributed by atoms with van der Waals surface area (Å²) in [6.45, 7) is 8.19. The van der Waals surface area contributed by atoms with Crippen LogP contribution in [0.3, 0.4) is 0 Å². The Bertz CT molecular complexity index is 1380. The Morgan fingerprint density at radius 3 is 2.45 bits per heavy atom. The third-order valence-corrected chi connectivity index (χ3v) is 6.26. The molecule has 0 fully saturated rings. The molecule has 0 spiro atoms. The molecule has 0 amide bonds. The second-order valence-corrected chi connectivity index (χ2v) is 10.0. The number of pyridine rings is 1. The first kappa shape index (κ1) is 30.7. The van der Waals surface area contributed by atoms with Crippen LogP contribution < -0.4 is 16.4 Å². The number of aromatic nitrogens is 5. The van der Waals surface area contributed by atoms with Crippen LogP contribution in [0.15, 0.2) is 55.0 Å². The molecule has 1 aromatic carbocycles. The molecule has 0 saturated carbocycles. The van der Waals surface area contributed by atoms with Crippen molar-refractivity contribution >= 4 is 41.3 Å². The average molecular weight is 569 g/mol. The van der Waals surface area contributed by atoms with E-state index in [4.69, 9.17) is 10.5 Å². The molecule has 0 aliphatic rings. The van der Waals surface area contributed by atoms with Crippen LogP contribution >= 0.6 is 12.4 Å². The maximum atomic E-state index is 12.0. The van der Waals surface area contributed by atoms with E-state index in [1.54, 1.807) is 12.5 Å². The molecule has 0 radical (unpaired) electrons. The Morgan fingerprint density at radius 1 is 1.05 bits per heavy atom. The fourth-order valence-corrected chi connectivity index (χ4v) is 3.82. The van der Waals surface area contributed by atoms with E-state index in [-0.39, 0.29) is 37.5 Å². The van der Waals surface area contributed by atoms with Crippen LogP contribution in [0.4, 0.5) is 11.8 Å². The standard InChI is InChI=1S/C28H36N8O3.ClH/c1-17(2)23(29)27(38)39-15-21(37)14-32-28-34-25(24-26(35-28)36(16-33-24)18(3)4)31-13-19-8-10-20(11-9-19)22-7-5-6-12-30-22;/h5-12,16-18,21,23,37H,13-15,29H2,1-4H3,(H2,31,32,34,35);1H/t21-,23+;/m1./s1. The molecule has 0 aliphatic carbocycles. The third-order valence-electron chi connectivity index (χ3n) is 6.26. The number of aliphatic hydroxyl groups is 1. The quantitative estimate of drug-likeness (QED) is 0.185. The van der Waals surface area contributed by atoms with E-state index < -0.39 is 18.1 Å². The SMILES string of the molecule is CC(C)[C@H](N)C(=O)OC[C@H](O)CNc1nc(NCc2ccc(-c3ccccn3)cc2)c2ncn(C(C)C)c2n1.Cl. The largest absolute Gasteiger partial charge is 0.462 e. The van der Waals surface area contributed by atoms with Gasteiger partial charge < -0.3 is 30.8 Å². The van der Waals surface area contributed by atoms with Gasteiger partial charge in [-0.05, 0) is 37.5 Å². The summed E-state index contributed by atoms with van der Waals surface area (Å²) in [6.07, 6.45) is 2.56. The number of nitrogens with two attached hydrogens (primary N) is 1. The molecule has 5 N–H and O–H groups in total. The average Bonchev–Trinajstić information content (AvgIpc) is 3.38. The first-order chi connectivity index (χ1) is 18.7. The lowest BCUT2D eigenvalue weighted by atomic mass is 10.1.